The maximum Gasteiger partial charge on any atom is 0.199 e. The molecular formula is C18H26N2O3. The summed E-state index contributed by atoms with van der Waals surface area (Å²) in [4.78, 5) is 5.45. The molecule has 0 aliphatic carbocycles. The first-order valence-electron chi connectivity index (χ1n) is 8.31. The number of aromatic nitrogens is 1. The Labute approximate surface area is 137 Å². The average Bonchev–Trinajstić information content (AvgIpc) is 2.99. The molecule has 1 N–H and O–H groups in total. The molecule has 5 nitrogen and oxygen atoms in total. The van der Waals surface area contributed by atoms with E-state index < -0.39 is 0 Å². The summed E-state index contributed by atoms with van der Waals surface area (Å²) >= 11 is 0. The zero-order valence-corrected chi connectivity index (χ0v) is 14.2. The number of benzene rings is 1. The zero-order chi connectivity index (χ0) is 16.2. The molecule has 23 heavy (non-hydrogen) atoms. The zero-order valence-electron chi connectivity index (χ0n) is 14.2. The van der Waals surface area contributed by atoms with E-state index in [1.807, 2.05) is 19.2 Å². The molecule has 0 spiro atoms. The summed E-state index contributed by atoms with van der Waals surface area (Å²) in [6.07, 6.45) is 4.68. The van der Waals surface area contributed by atoms with Crippen LogP contribution < -0.4 is 4.74 Å². The number of aromatic amines is 1. The molecule has 1 aliphatic heterocycles. The van der Waals surface area contributed by atoms with E-state index in [1.54, 1.807) is 0 Å². The highest BCUT2D eigenvalue weighted by Crippen LogP contribution is 2.29. The molecule has 0 bridgehead atoms. The minimum Gasteiger partial charge on any atom is -0.465 e. The highest BCUT2D eigenvalue weighted by Gasteiger charge is 2.19. The molecule has 1 saturated heterocycles. The first-order valence-corrected chi connectivity index (χ1v) is 8.31. The van der Waals surface area contributed by atoms with Gasteiger partial charge in [-0.15, -0.1) is 0 Å². The third-order valence-electron chi connectivity index (χ3n) is 4.04. The summed E-state index contributed by atoms with van der Waals surface area (Å²) in [6.45, 7) is 3.51. The lowest BCUT2D eigenvalue weighted by molar-refractivity contribution is -0.225. The third-order valence-corrected chi connectivity index (χ3v) is 4.04. The Bertz CT molecular complexity index is 632. The predicted molar refractivity (Wildman–Crippen MR) is 90.5 cm³/mol. The lowest BCUT2D eigenvalue weighted by Gasteiger charge is -2.27. The van der Waals surface area contributed by atoms with Crippen LogP contribution in [0.2, 0.25) is 0 Å². The van der Waals surface area contributed by atoms with Crippen LogP contribution in [0.25, 0.3) is 10.9 Å². The molecule has 5 heteroatoms. The van der Waals surface area contributed by atoms with Gasteiger partial charge in [0, 0.05) is 24.9 Å². The van der Waals surface area contributed by atoms with Crippen LogP contribution in [0.1, 0.15) is 31.7 Å². The number of nitrogens with one attached hydrogen (secondary N) is 1. The molecule has 1 aromatic heterocycles. The van der Waals surface area contributed by atoms with Crippen molar-refractivity contribution in [3.63, 3.8) is 0 Å². The van der Waals surface area contributed by atoms with Crippen molar-refractivity contribution >= 4 is 10.9 Å². The van der Waals surface area contributed by atoms with Crippen LogP contribution in [-0.4, -0.2) is 43.2 Å². The molecule has 1 aromatic carbocycles. The van der Waals surface area contributed by atoms with Crippen LogP contribution in [0.3, 0.4) is 0 Å². The summed E-state index contributed by atoms with van der Waals surface area (Å²) < 4.78 is 17.6. The second-order valence-corrected chi connectivity index (χ2v) is 6.34. The lowest BCUT2D eigenvalue weighted by atomic mass is 10.1. The standard InChI is InChI=1S/C18H26N2O3/c1-13(23-17-6-4-5-11-21-17)22-16-8-7-14-9-10-19-18(14)15(16)12-20(2)3/h7-10,13,17,19H,4-6,11-12H2,1-3H3. The van der Waals surface area contributed by atoms with Crippen LogP contribution in [0.5, 0.6) is 5.75 Å². The van der Waals surface area contributed by atoms with Gasteiger partial charge in [0.25, 0.3) is 0 Å². The second kappa shape index (κ2) is 7.34. The lowest BCUT2D eigenvalue weighted by Crippen LogP contribution is -2.29. The molecule has 0 saturated carbocycles. The number of hydrogen-bond donors (Lipinski definition) is 1. The quantitative estimate of drug-likeness (QED) is 0.828. The molecule has 2 atom stereocenters. The van der Waals surface area contributed by atoms with Crippen molar-refractivity contribution in [1.29, 1.82) is 0 Å². The Balaban J connectivity index is 1.75. The molecular weight excluding hydrogens is 292 g/mol. The van der Waals surface area contributed by atoms with E-state index in [0.29, 0.717) is 0 Å². The fourth-order valence-corrected chi connectivity index (χ4v) is 2.99. The van der Waals surface area contributed by atoms with Gasteiger partial charge in [-0.1, -0.05) is 0 Å². The minimum atomic E-state index is -0.341. The van der Waals surface area contributed by atoms with Crippen molar-refractivity contribution in [2.24, 2.45) is 0 Å². The van der Waals surface area contributed by atoms with Gasteiger partial charge in [-0.2, -0.15) is 0 Å². The molecule has 3 rings (SSSR count). The molecule has 1 aliphatic rings. The van der Waals surface area contributed by atoms with Gasteiger partial charge in [0.2, 0.25) is 0 Å². The van der Waals surface area contributed by atoms with Gasteiger partial charge in [-0.3, -0.25) is 0 Å². The number of hydrogen-bond acceptors (Lipinski definition) is 4. The van der Waals surface area contributed by atoms with Crippen molar-refractivity contribution in [1.82, 2.24) is 9.88 Å². The molecule has 2 aromatic rings. The minimum absolute atomic E-state index is 0.148. The molecule has 126 valence electrons. The monoisotopic (exact) mass is 318 g/mol. The number of rotatable bonds is 6. The van der Waals surface area contributed by atoms with E-state index >= 15 is 0 Å². The van der Waals surface area contributed by atoms with E-state index in [0.717, 1.165) is 49.2 Å². The maximum atomic E-state index is 6.08. The van der Waals surface area contributed by atoms with Crippen LogP contribution in [0, 0.1) is 0 Å². The molecule has 2 heterocycles. The summed E-state index contributed by atoms with van der Waals surface area (Å²) in [6, 6.07) is 6.18. The maximum absolute atomic E-state index is 6.08. The number of ether oxygens (including phenoxy) is 3. The van der Waals surface area contributed by atoms with Gasteiger partial charge < -0.3 is 24.1 Å². The molecule has 0 radical (unpaired) electrons. The molecule has 2 unspecified atom stereocenters. The highest BCUT2D eigenvalue weighted by molar-refractivity contribution is 5.84. The Kier molecular flexibility index (Phi) is 5.20. The fourth-order valence-electron chi connectivity index (χ4n) is 2.99. The van der Waals surface area contributed by atoms with Crippen molar-refractivity contribution in [2.45, 2.75) is 45.3 Å². The van der Waals surface area contributed by atoms with Crippen LogP contribution >= 0.6 is 0 Å². The van der Waals surface area contributed by atoms with Crippen molar-refractivity contribution in [2.75, 3.05) is 20.7 Å². The van der Waals surface area contributed by atoms with Crippen molar-refractivity contribution < 1.29 is 14.2 Å². The van der Waals surface area contributed by atoms with E-state index in [9.17, 15) is 0 Å². The van der Waals surface area contributed by atoms with E-state index in [2.05, 4.69) is 36.1 Å². The third kappa shape index (κ3) is 4.05. The van der Waals surface area contributed by atoms with Crippen LogP contribution in [0.4, 0.5) is 0 Å². The number of fused-ring (bicyclic) bond motifs is 1. The van der Waals surface area contributed by atoms with Gasteiger partial charge in [0.05, 0.1) is 5.52 Å². The van der Waals surface area contributed by atoms with Crippen LogP contribution in [0.15, 0.2) is 24.4 Å². The van der Waals surface area contributed by atoms with Gasteiger partial charge in [0.1, 0.15) is 5.75 Å². The van der Waals surface area contributed by atoms with E-state index in [1.165, 1.54) is 5.39 Å². The fraction of sp³-hybridized carbons (Fsp3) is 0.556. The Morgan fingerprint density at radius 3 is 2.91 bits per heavy atom. The number of nitrogens with zero attached hydrogens (tertiary/aromatic N) is 1. The van der Waals surface area contributed by atoms with Crippen molar-refractivity contribution in [3.05, 3.63) is 30.0 Å². The van der Waals surface area contributed by atoms with Crippen LogP contribution in [-0.2, 0) is 16.0 Å². The topological polar surface area (TPSA) is 46.7 Å². The van der Waals surface area contributed by atoms with Crippen molar-refractivity contribution in [3.8, 4) is 5.75 Å². The van der Waals surface area contributed by atoms with Gasteiger partial charge in [-0.25, -0.2) is 0 Å². The Hall–Kier alpha value is -1.56. The average molecular weight is 318 g/mol. The van der Waals surface area contributed by atoms with Gasteiger partial charge in [0.15, 0.2) is 12.6 Å². The van der Waals surface area contributed by atoms with Gasteiger partial charge in [-0.05, 0) is 63.9 Å². The SMILES string of the molecule is CC(Oc1ccc2cc[nH]c2c1CN(C)C)OC1CCCCO1. The van der Waals surface area contributed by atoms with E-state index in [-0.39, 0.29) is 12.6 Å². The number of H-pyrrole nitrogens is 1. The summed E-state index contributed by atoms with van der Waals surface area (Å²) in [7, 11) is 4.11. The Morgan fingerprint density at radius 2 is 2.17 bits per heavy atom. The largest absolute Gasteiger partial charge is 0.465 e. The molecule has 0 amide bonds. The van der Waals surface area contributed by atoms with E-state index in [4.69, 9.17) is 14.2 Å². The normalized spacial score (nSPS) is 20.1. The smallest absolute Gasteiger partial charge is 0.199 e. The first kappa shape index (κ1) is 16.3. The predicted octanol–water partition coefficient (Wildman–Crippen LogP) is 3.50. The Morgan fingerprint density at radius 1 is 1.30 bits per heavy atom. The summed E-state index contributed by atoms with van der Waals surface area (Å²) in [5.74, 6) is 0.858. The van der Waals surface area contributed by atoms with Gasteiger partial charge >= 0.3 is 0 Å². The summed E-state index contributed by atoms with van der Waals surface area (Å²) in [5, 5.41) is 1.19. The first-order chi connectivity index (χ1) is 11.1. The highest BCUT2D eigenvalue weighted by atomic mass is 16.8. The molecule has 1 fully saturated rings. The summed E-state index contributed by atoms with van der Waals surface area (Å²) in [5.41, 5.74) is 2.27. The second-order valence-electron chi connectivity index (χ2n) is 6.34.